The summed E-state index contributed by atoms with van der Waals surface area (Å²) >= 11 is 0. The van der Waals surface area contributed by atoms with Gasteiger partial charge in [0.25, 0.3) is 5.91 Å². The monoisotopic (exact) mass is 337 g/mol. The number of benzene rings is 2. The van der Waals surface area contributed by atoms with Gasteiger partial charge in [0.15, 0.2) is 18.1 Å². The summed E-state index contributed by atoms with van der Waals surface area (Å²) in [6, 6.07) is 16.0. The third kappa shape index (κ3) is 4.26. The number of nitrogens with zero attached hydrogens (tertiary/aromatic N) is 2. The predicted octanol–water partition coefficient (Wildman–Crippen LogP) is 1.88. The summed E-state index contributed by atoms with van der Waals surface area (Å²) in [6.45, 7) is 0.124. The van der Waals surface area contributed by atoms with Crippen molar-refractivity contribution < 1.29 is 19.0 Å². The number of ether oxygens (including phenoxy) is 3. The topological polar surface area (TPSA) is 92.9 Å². The Kier molecular flexibility index (Phi) is 5.12. The molecule has 0 aromatic heterocycles. The summed E-state index contributed by atoms with van der Waals surface area (Å²) in [5.41, 5.74) is 3.21. The number of hydrogen-bond donors (Lipinski definition) is 1. The van der Waals surface area contributed by atoms with Crippen LogP contribution < -0.4 is 19.6 Å². The van der Waals surface area contributed by atoms with E-state index in [0.717, 1.165) is 5.56 Å². The molecule has 0 fully saturated rings. The molecule has 25 heavy (non-hydrogen) atoms. The van der Waals surface area contributed by atoms with Crippen LogP contribution >= 0.6 is 0 Å². The first kappa shape index (κ1) is 16.3. The molecule has 3 rings (SSSR count). The molecule has 0 saturated heterocycles. The van der Waals surface area contributed by atoms with Crippen LogP contribution in [0.25, 0.3) is 0 Å². The minimum absolute atomic E-state index is 0.00389. The van der Waals surface area contributed by atoms with Crippen molar-refractivity contribution in [2.24, 2.45) is 5.10 Å². The highest BCUT2D eigenvalue weighted by Gasteiger charge is 2.26. The normalized spacial score (nSPS) is 15.4. The van der Waals surface area contributed by atoms with Gasteiger partial charge in [-0.05, 0) is 42.0 Å². The second-order valence-electron chi connectivity index (χ2n) is 5.11. The number of nitriles is 1. The molecule has 1 aliphatic heterocycles. The summed E-state index contributed by atoms with van der Waals surface area (Å²) in [4.78, 5) is 12.1. The van der Waals surface area contributed by atoms with Gasteiger partial charge in [0.2, 0.25) is 6.10 Å². The third-order valence-corrected chi connectivity index (χ3v) is 3.37. The van der Waals surface area contributed by atoms with Crippen LogP contribution in [0.2, 0.25) is 0 Å². The molecule has 7 nitrogen and oxygen atoms in total. The molecule has 2 aromatic carbocycles. The van der Waals surface area contributed by atoms with E-state index in [-0.39, 0.29) is 19.1 Å². The molecule has 1 N–H and O–H groups in total. The maximum Gasteiger partial charge on any atom is 0.284 e. The quantitative estimate of drug-likeness (QED) is 0.664. The third-order valence-electron chi connectivity index (χ3n) is 3.37. The highest BCUT2D eigenvalue weighted by Crippen LogP contribution is 2.30. The summed E-state index contributed by atoms with van der Waals surface area (Å²) < 4.78 is 16.2. The average molecular weight is 337 g/mol. The van der Waals surface area contributed by atoms with Crippen molar-refractivity contribution in [3.63, 3.8) is 0 Å². The van der Waals surface area contributed by atoms with Crippen molar-refractivity contribution in [3.8, 4) is 23.3 Å². The van der Waals surface area contributed by atoms with E-state index in [1.807, 2.05) is 18.2 Å². The zero-order valence-corrected chi connectivity index (χ0v) is 13.2. The predicted molar refractivity (Wildman–Crippen MR) is 89.6 cm³/mol. The highest BCUT2D eigenvalue weighted by molar-refractivity contribution is 5.85. The van der Waals surface area contributed by atoms with E-state index in [4.69, 9.17) is 19.5 Å². The van der Waals surface area contributed by atoms with E-state index in [9.17, 15) is 4.79 Å². The van der Waals surface area contributed by atoms with E-state index in [1.165, 1.54) is 6.21 Å². The maximum absolute atomic E-state index is 12.1. The first-order valence-electron chi connectivity index (χ1n) is 7.57. The molecule has 1 heterocycles. The largest absolute Gasteiger partial charge is 0.485 e. The minimum atomic E-state index is -0.756. The molecule has 0 bridgehead atoms. The van der Waals surface area contributed by atoms with Crippen molar-refractivity contribution >= 4 is 12.1 Å². The first-order valence-corrected chi connectivity index (χ1v) is 7.57. The second kappa shape index (κ2) is 7.84. The van der Waals surface area contributed by atoms with E-state index < -0.39 is 6.10 Å². The Morgan fingerprint density at radius 1 is 1.28 bits per heavy atom. The zero-order valence-electron chi connectivity index (χ0n) is 13.2. The van der Waals surface area contributed by atoms with E-state index in [0.29, 0.717) is 17.2 Å². The van der Waals surface area contributed by atoms with Crippen LogP contribution in [0.3, 0.4) is 0 Å². The van der Waals surface area contributed by atoms with Crippen LogP contribution in [0, 0.1) is 11.3 Å². The van der Waals surface area contributed by atoms with E-state index in [1.54, 1.807) is 36.4 Å². The number of rotatable bonds is 5. The van der Waals surface area contributed by atoms with Gasteiger partial charge in [-0.2, -0.15) is 10.4 Å². The van der Waals surface area contributed by atoms with Crippen molar-refractivity contribution in [2.45, 2.75) is 6.10 Å². The minimum Gasteiger partial charge on any atom is -0.485 e. The number of hydrogen-bond acceptors (Lipinski definition) is 6. The van der Waals surface area contributed by atoms with Gasteiger partial charge in [0.1, 0.15) is 18.4 Å². The van der Waals surface area contributed by atoms with Gasteiger partial charge in [-0.25, -0.2) is 5.43 Å². The van der Waals surface area contributed by atoms with Gasteiger partial charge >= 0.3 is 0 Å². The molecule has 1 aliphatic rings. The number of nitrogens with one attached hydrogen (secondary N) is 1. The van der Waals surface area contributed by atoms with Gasteiger partial charge in [-0.3, -0.25) is 4.79 Å². The number of fused-ring (bicyclic) bond motifs is 1. The molecule has 1 unspecified atom stereocenters. The number of carbonyl (C=O) groups excluding carboxylic acids is 1. The molecule has 0 spiro atoms. The molecular formula is C18H15N3O4. The highest BCUT2D eigenvalue weighted by atomic mass is 16.6. The van der Waals surface area contributed by atoms with Crippen LogP contribution in [-0.4, -0.2) is 31.4 Å². The van der Waals surface area contributed by atoms with Gasteiger partial charge in [-0.15, -0.1) is 0 Å². The Balaban J connectivity index is 1.52. The number of para-hydroxylation sites is 2. The van der Waals surface area contributed by atoms with Crippen LogP contribution in [-0.2, 0) is 4.79 Å². The fraction of sp³-hybridized carbons (Fsp3) is 0.167. The molecule has 0 aliphatic carbocycles. The van der Waals surface area contributed by atoms with Crippen LogP contribution in [0.15, 0.2) is 53.6 Å². The average Bonchev–Trinajstić information content (AvgIpc) is 2.67. The molecule has 0 radical (unpaired) electrons. The van der Waals surface area contributed by atoms with Crippen molar-refractivity contribution in [1.29, 1.82) is 5.26 Å². The Morgan fingerprint density at radius 2 is 2.04 bits per heavy atom. The fourth-order valence-corrected chi connectivity index (χ4v) is 2.16. The maximum atomic E-state index is 12.1. The molecule has 2 aromatic rings. The first-order chi connectivity index (χ1) is 12.3. The lowest BCUT2D eigenvalue weighted by Gasteiger charge is -2.24. The van der Waals surface area contributed by atoms with Crippen LogP contribution in [0.4, 0.5) is 0 Å². The Morgan fingerprint density at radius 3 is 2.80 bits per heavy atom. The van der Waals surface area contributed by atoms with Gasteiger partial charge in [0, 0.05) is 0 Å². The lowest BCUT2D eigenvalue weighted by Crippen LogP contribution is -2.42. The van der Waals surface area contributed by atoms with E-state index in [2.05, 4.69) is 10.5 Å². The second-order valence-corrected chi connectivity index (χ2v) is 5.11. The van der Waals surface area contributed by atoms with Crippen molar-refractivity contribution in [1.82, 2.24) is 5.43 Å². The van der Waals surface area contributed by atoms with Gasteiger partial charge in [-0.1, -0.05) is 12.1 Å². The Hall–Kier alpha value is -3.53. The Bertz CT molecular complexity index is 812. The lowest BCUT2D eigenvalue weighted by atomic mass is 10.2. The standard InChI is InChI=1S/C18H15N3O4/c19-9-10-23-14-7-5-13(6-8-14)11-20-21-18(22)17-12-24-15-3-1-2-4-16(15)25-17/h1-8,11,17H,10,12H2,(H,21,22). The van der Waals surface area contributed by atoms with Gasteiger partial charge < -0.3 is 14.2 Å². The molecular weight excluding hydrogens is 322 g/mol. The Labute approximate surface area is 144 Å². The fourth-order valence-electron chi connectivity index (χ4n) is 2.16. The zero-order chi connectivity index (χ0) is 17.5. The summed E-state index contributed by atoms with van der Waals surface area (Å²) in [5.74, 6) is 1.36. The summed E-state index contributed by atoms with van der Waals surface area (Å²) in [6.07, 6.45) is 0.748. The van der Waals surface area contributed by atoms with E-state index >= 15 is 0 Å². The molecule has 7 heteroatoms. The summed E-state index contributed by atoms with van der Waals surface area (Å²) in [5, 5.41) is 12.4. The molecule has 0 saturated carbocycles. The van der Waals surface area contributed by atoms with Crippen molar-refractivity contribution in [2.75, 3.05) is 13.2 Å². The molecule has 1 atom stereocenters. The number of hydrazone groups is 1. The SMILES string of the molecule is N#CCOc1ccc(C=NNC(=O)C2COc3ccccc3O2)cc1. The van der Waals surface area contributed by atoms with Gasteiger partial charge in [0.05, 0.1) is 6.21 Å². The van der Waals surface area contributed by atoms with Crippen LogP contribution in [0.5, 0.6) is 17.2 Å². The molecule has 1 amide bonds. The van der Waals surface area contributed by atoms with Crippen LogP contribution in [0.1, 0.15) is 5.56 Å². The lowest BCUT2D eigenvalue weighted by molar-refractivity contribution is -0.130. The number of amides is 1. The smallest absolute Gasteiger partial charge is 0.284 e. The number of carbonyl (C=O) groups is 1. The van der Waals surface area contributed by atoms with Crippen molar-refractivity contribution in [3.05, 3.63) is 54.1 Å². The summed E-state index contributed by atoms with van der Waals surface area (Å²) in [7, 11) is 0. The molecule has 126 valence electrons.